The molecule has 1 saturated carbocycles. The predicted octanol–water partition coefficient (Wildman–Crippen LogP) is 2.80. The molecule has 1 atom stereocenters. The highest BCUT2D eigenvalue weighted by atomic mass is 19.1. The Morgan fingerprint density at radius 1 is 1.28 bits per heavy atom. The third-order valence-corrected chi connectivity index (χ3v) is 3.42. The molecule has 1 aromatic carbocycles. The molecule has 1 aliphatic carbocycles. The largest absolute Gasteiger partial charge is 0.493 e. The van der Waals surface area contributed by atoms with Crippen molar-refractivity contribution in [3.8, 4) is 11.5 Å². The highest BCUT2D eigenvalue weighted by molar-refractivity contribution is 5.48. The lowest BCUT2D eigenvalue weighted by Gasteiger charge is -2.17. The summed E-state index contributed by atoms with van der Waals surface area (Å²) in [6.45, 7) is 1.49. The molecule has 1 aromatic rings. The van der Waals surface area contributed by atoms with Crippen molar-refractivity contribution in [1.29, 1.82) is 0 Å². The summed E-state index contributed by atoms with van der Waals surface area (Å²) in [5.41, 5.74) is 0.707. The van der Waals surface area contributed by atoms with Gasteiger partial charge >= 0.3 is 0 Å². The van der Waals surface area contributed by atoms with Gasteiger partial charge in [0.05, 0.1) is 19.8 Å². The van der Waals surface area contributed by atoms with Crippen LogP contribution in [0.4, 0.5) is 4.39 Å². The van der Waals surface area contributed by atoms with Crippen molar-refractivity contribution in [2.24, 2.45) is 0 Å². The standard InChI is InChI=1S/C14H19FO3/c1-9(15)11-7-13(18-3)12(17-2)6-10(11)8-14(16)4-5-14/h6-7,9,16H,4-5,8H2,1-3H3. The summed E-state index contributed by atoms with van der Waals surface area (Å²) in [5.74, 6) is 1.09. The number of benzene rings is 1. The minimum atomic E-state index is -1.10. The molecule has 0 saturated heterocycles. The summed E-state index contributed by atoms with van der Waals surface area (Å²) < 4.78 is 24.1. The van der Waals surface area contributed by atoms with Gasteiger partial charge in [-0.15, -0.1) is 0 Å². The van der Waals surface area contributed by atoms with Crippen LogP contribution in [-0.2, 0) is 6.42 Å². The van der Waals surface area contributed by atoms with E-state index in [0.29, 0.717) is 23.5 Å². The maximum atomic E-state index is 13.7. The van der Waals surface area contributed by atoms with Crippen LogP contribution in [0.25, 0.3) is 0 Å². The molecule has 0 heterocycles. The van der Waals surface area contributed by atoms with Gasteiger partial charge in [-0.25, -0.2) is 4.39 Å². The first-order valence-electron chi connectivity index (χ1n) is 6.10. The van der Waals surface area contributed by atoms with E-state index >= 15 is 0 Å². The topological polar surface area (TPSA) is 38.7 Å². The lowest BCUT2D eigenvalue weighted by molar-refractivity contribution is 0.150. The van der Waals surface area contributed by atoms with Crippen LogP contribution >= 0.6 is 0 Å². The second-order valence-electron chi connectivity index (χ2n) is 4.92. The molecule has 100 valence electrons. The highest BCUT2D eigenvalue weighted by Gasteiger charge is 2.41. The van der Waals surface area contributed by atoms with Crippen molar-refractivity contribution in [2.45, 2.75) is 38.0 Å². The maximum absolute atomic E-state index is 13.7. The Balaban J connectivity index is 2.41. The summed E-state index contributed by atoms with van der Waals surface area (Å²) in [6, 6.07) is 3.42. The van der Waals surface area contributed by atoms with Crippen molar-refractivity contribution < 1.29 is 19.0 Å². The van der Waals surface area contributed by atoms with Crippen LogP contribution in [0, 0.1) is 0 Å². The van der Waals surface area contributed by atoms with Crippen molar-refractivity contribution in [3.63, 3.8) is 0 Å². The van der Waals surface area contributed by atoms with Crippen LogP contribution in [0.1, 0.15) is 37.1 Å². The Hall–Kier alpha value is -1.29. The molecule has 1 N–H and O–H groups in total. The summed E-state index contributed by atoms with van der Waals surface area (Å²) in [5, 5.41) is 9.98. The molecule has 0 spiro atoms. The summed E-state index contributed by atoms with van der Waals surface area (Å²) in [6.07, 6.45) is 0.932. The Morgan fingerprint density at radius 2 is 1.83 bits per heavy atom. The van der Waals surface area contributed by atoms with Gasteiger partial charge in [0.25, 0.3) is 0 Å². The molecule has 1 fully saturated rings. The summed E-state index contributed by atoms with van der Waals surface area (Å²) in [7, 11) is 3.07. The van der Waals surface area contributed by atoms with E-state index < -0.39 is 11.8 Å². The van der Waals surface area contributed by atoms with Gasteiger partial charge in [-0.3, -0.25) is 0 Å². The monoisotopic (exact) mass is 254 g/mol. The molecular weight excluding hydrogens is 235 g/mol. The zero-order valence-electron chi connectivity index (χ0n) is 11.0. The first-order chi connectivity index (χ1) is 8.49. The van der Waals surface area contributed by atoms with E-state index in [-0.39, 0.29) is 0 Å². The number of methoxy groups -OCH3 is 2. The minimum Gasteiger partial charge on any atom is -0.493 e. The Morgan fingerprint density at radius 3 is 2.28 bits per heavy atom. The molecule has 18 heavy (non-hydrogen) atoms. The molecule has 0 aliphatic heterocycles. The number of alkyl halides is 1. The quantitative estimate of drug-likeness (QED) is 0.878. The Bertz CT molecular complexity index is 439. The fourth-order valence-corrected chi connectivity index (χ4v) is 2.14. The first-order valence-corrected chi connectivity index (χ1v) is 6.10. The number of ether oxygens (including phenoxy) is 2. The van der Waals surface area contributed by atoms with Gasteiger partial charge < -0.3 is 14.6 Å². The predicted molar refractivity (Wildman–Crippen MR) is 67.0 cm³/mol. The molecule has 1 aliphatic rings. The van der Waals surface area contributed by atoms with E-state index in [1.807, 2.05) is 0 Å². The number of halogens is 1. The van der Waals surface area contributed by atoms with E-state index in [1.54, 1.807) is 19.2 Å². The molecule has 2 rings (SSSR count). The third-order valence-electron chi connectivity index (χ3n) is 3.42. The number of rotatable bonds is 5. The van der Waals surface area contributed by atoms with Gasteiger partial charge in [0.2, 0.25) is 0 Å². The normalized spacial score (nSPS) is 18.3. The fourth-order valence-electron chi connectivity index (χ4n) is 2.14. The zero-order chi connectivity index (χ0) is 13.3. The smallest absolute Gasteiger partial charge is 0.161 e. The van der Waals surface area contributed by atoms with Crippen LogP contribution in [0.3, 0.4) is 0 Å². The second kappa shape index (κ2) is 4.76. The van der Waals surface area contributed by atoms with Crippen LogP contribution in [0.2, 0.25) is 0 Å². The van der Waals surface area contributed by atoms with Crippen LogP contribution < -0.4 is 9.47 Å². The van der Waals surface area contributed by atoms with Crippen molar-refractivity contribution in [2.75, 3.05) is 14.2 Å². The van der Waals surface area contributed by atoms with E-state index in [9.17, 15) is 9.50 Å². The van der Waals surface area contributed by atoms with E-state index in [4.69, 9.17) is 9.47 Å². The maximum Gasteiger partial charge on any atom is 0.161 e. The third kappa shape index (κ3) is 2.58. The van der Waals surface area contributed by atoms with Gasteiger partial charge in [0.1, 0.15) is 6.17 Å². The molecule has 1 unspecified atom stereocenters. The zero-order valence-corrected chi connectivity index (χ0v) is 11.0. The van der Waals surface area contributed by atoms with Crippen LogP contribution in [0.5, 0.6) is 11.5 Å². The second-order valence-corrected chi connectivity index (χ2v) is 4.92. The minimum absolute atomic E-state index is 0.469. The lowest BCUT2D eigenvalue weighted by atomic mass is 9.97. The van der Waals surface area contributed by atoms with E-state index in [0.717, 1.165) is 18.4 Å². The van der Waals surface area contributed by atoms with Gasteiger partial charge in [-0.1, -0.05) is 0 Å². The lowest BCUT2D eigenvalue weighted by Crippen LogP contribution is -2.13. The van der Waals surface area contributed by atoms with Gasteiger partial charge in [0, 0.05) is 6.42 Å². The average Bonchev–Trinajstić information content (AvgIpc) is 3.05. The Kier molecular flexibility index (Phi) is 3.48. The number of aliphatic hydroxyl groups is 1. The fraction of sp³-hybridized carbons (Fsp3) is 0.571. The van der Waals surface area contributed by atoms with Gasteiger partial charge in [-0.05, 0) is 43.0 Å². The van der Waals surface area contributed by atoms with E-state index in [1.165, 1.54) is 14.0 Å². The van der Waals surface area contributed by atoms with Gasteiger partial charge in [-0.2, -0.15) is 0 Å². The number of hydrogen-bond donors (Lipinski definition) is 1. The molecule has 3 nitrogen and oxygen atoms in total. The van der Waals surface area contributed by atoms with Crippen molar-refractivity contribution in [1.82, 2.24) is 0 Å². The highest BCUT2D eigenvalue weighted by Crippen LogP contribution is 2.42. The SMILES string of the molecule is COc1cc(CC2(O)CC2)c(C(C)F)cc1OC. The van der Waals surface area contributed by atoms with Crippen molar-refractivity contribution >= 4 is 0 Å². The molecule has 0 aromatic heterocycles. The molecule has 4 heteroatoms. The van der Waals surface area contributed by atoms with Crippen LogP contribution in [-0.4, -0.2) is 24.9 Å². The van der Waals surface area contributed by atoms with E-state index in [2.05, 4.69) is 0 Å². The summed E-state index contributed by atoms with van der Waals surface area (Å²) in [4.78, 5) is 0. The number of hydrogen-bond acceptors (Lipinski definition) is 3. The molecular formula is C14H19FO3. The average molecular weight is 254 g/mol. The Labute approximate surface area is 107 Å². The van der Waals surface area contributed by atoms with Crippen molar-refractivity contribution in [3.05, 3.63) is 23.3 Å². The summed E-state index contributed by atoms with van der Waals surface area (Å²) >= 11 is 0. The molecule has 0 radical (unpaired) electrons. The molecule has 0 bridgehead atoms. The van der Waals surface area contributed by atoms with Gasteiger partial charge in [0.15, 0.2) is 11.5 Å². The molecule has 0 amide bonds. The first kappa shape index (κ1) is 13.1. The van der Waals surface area contributed by atoms with Crippen LogP contribution in [0.15, 0.2) is 12.1 Å².